The maximum atomic E-state index is 5.80. The van der Waals surface area contributed by atoms with Gasteiger partial charge in [0.05, 0.1) is 11.9 Å². The molecule has 0 saturated heterocycles. The Kier molecular flexibility index (Phi) is 3.78. The molecule has 3 heteroatoms. The van der Waals surface area contributed by atoms with Crippen molar-refractivity contribution < 1.29 is 0 Å². The van der Waals surface area contributed by atoms with Gasteiger partial charge in [-0.3, -0.25) is 5.43 Å². The van der Waals surface area contributed by atoms with Gasteiger partial charge < -0.3 is 0 Å². The molecule has 86 valence electrons. The Morgan fingerprint density at radius 2 is 1.88 bits per heavy atom. The summed E-state index contributed by atoms with van der Waals surface area (Å²) in [5.74, 6) is 0. The van der Waals surface area contributed by atoms with Gasteiger partial charge in [0.1, 0.15) is 0 Å². The topological polar surface area (TPSA) is 24.4 Å². The first-order chi connectivity index (χ1) is 8.24. The first kappa shape index (κ1) is 11.7. The molecule has 0 bridgehead atoms. The number of anilines is 1. The van der Waals surface area contributed by atoms with Gasteiger partial charge in [-0.25, -0.2) is 0 Å². The summed E-state index contributed by atoms with van der Waals surface area (Å²) >= 11 is 5.80. The van der Waals surface area contributed by atoms with Crippen LogP contribution in [0.2, 0.25) is 5.02 Å². The maximum Gasteiger partial charge on any atom is 0.0564 e. The van der Waals surface area contributed by atoms with Crippen molar-refractivity contribution >= 4 is 23.5 Å². The van der Waals surface area contributed by atoms with E-state index in [0.29, 0.717) is 0 Å². The lowest BCUT2D eigenvalue weighted by molar-refractivity contribution is 1.33. The minimum atomic E-state index is 0.730. The number of benzene rings is 2. The minimum absolute atomic E-state index is 0.730. The molecule has 2 aromatic carbocycles. The van der Waals surface area contributed by atoms with Gasteiger partial charge in [0.2, 0.25) is 0 Å². The Labute approximate surface area is 106 Å². The largest absolute Gasteiger partial charge is 0.278 e. The summed E-state index contributed by atoms with van der Waals surface area (Å²) in [5.41, 5.74) is 6.18. The summed E-state index contributed by atoms with van der Waals surface area (Å²) in [4.78, 5) is 0. The van der Waals surface area contributed by atoms with Gasteiger partial charge in [0.15, 0.2) is 0 Å². The van der Waals surface area contributed by atoms with E-state index in [1.807, 2.05) is 55.5 Å². The molecular formula is C14H13ClN2. The molecule has 0 spiro atoms. The minimum Gasteiger partial charge on any atom is -0.278 e. The second-order valence-corrected chi connectivity index (χ2v) is 4.23. The third-order valence-corrected chi connectivity index (χ3v) is 2.55. The van der Waals surface area contributed by atoms with Crippen molar-refractivity contribution in [1.29, 1.82) is 0 Å². The Morgan fingerprint density at radius 3 is 2.59 bits per heavy atom. The number of hydrogen-bond acceptors (Lipinski definition) is 2. The van der Waals surface area contributed by atoms with Crippen LogP contribution < -0.4 is 5.43 Å². The molecule has 0 fully saturated rings. The Hall–Kier alpha value is -1.80. The van der Waals surface area contributed by atoms with Crippen LogP contribution in [0, 0.1) is 6.92 Å². The zero-order valence-corrected chi connectivity index (χ0v) is 10.3. The number of rotatable bonds is 3. The van der Waals surface area contributed by atoms with Crippen LogP contribution in [0.25, 0.3) is 0 Å². The van der Waals surface area contributed by atoms with E-state index in [9.17, 15) is 0 Å². The van der Waals surface area contributed by atoms with E-state index < -0.39 is 0 Å². The van der Waals surface area contributed by atoms with Gasteiger partial charge in [-0.2, -0.15) is 5.10 Å². The lowest BCUT2D eigenvalue weighted by Crippen LogP contribution is -1.90. The molecule has 0 heterocycles. The van der Waals surface area contributed by atoms with Gasteiger partial charge in [-0.1, -0.05) is 35.9 Å². The van der Waals surface area contributed by atoms with Crippen molar-refractivity contribution in [3.8, 4) is 0 Å². The summed E-state index contributed by atoms with van der Waals surface area (Å²) in [5, 5.41) is 4.89. The van der Waals surface area contributed by atoms with E-state index >= 15 is 0 Å². The van der Waals surface area contributed by atoms with Crippen LogP contribution in [-0.4, -0.2) is 6.21 Å². The molecule has 0 aliphatic heterocycles. The van der Waals surface area contributed by atoms with Crippen LogP contribution in [0.15, 0.2) is 53.6 Å². The Morgan fingerprint density at radius 1 is 1.12 bits per heavy atom. The Bertz CT molecular complexity index is 518. The lowest BCUT2D eigenvalue weighted by atomic mass is 10.2. The van der Waals surface area contributed by atoms with Crippen LogP contribution in [0.4, 0.5) is 5.69 Å². The molecule has 0 aromatic heterocycles. The molecule has 0 atom stereocenters. The predicted octanol–water partition coefficient (Wildman–Crippen LogP) is 4.09. The molecule has 1 N–H and O–H groups in total. The average Bonchev–Trinajstić information content (AvgIpc) is 2.32. The van der Waals surface area contributed by atoms with E-state index in [-0.39, 0.29) is 0 Å². The van der Waals surface area contributed by atoms with E-state index in [1.165, 1.54) is 5.56 Å². The quantitative estimate of drug-likeness (QED) is 0.638. The zero-order chi connectivity index (χ0) is 12.1. The van der Waals surface area contributed by atoms with Crippen molar-refractivity contribution in [2.24, 2.45) is 5.10 Å². The third-order valence-electron chi connectivity index (χ3n) is 2.30. The number of aryl methyl sites for hydroxylation is 1. The first-order valence-electron chi connectivity index (χ1n) is 5.35. The van der Waals surface area contributed by atoms with Crippen LogP contribution in [0.1, 0.15) is 11.1 Å². The van der Waals surface area contributed by atoms with E-state index in [0.717, 1.165) is 16.3 Å². The van der Waals surface area contributed by atoms with Crippen molar-refractivity contribution in [3.63, 3.8) is 0 Å². The standard InChI is InChI=1S/C14H13ClN2/c1-11-3-2-4-14(9-11)17-16-10-12-5-7-13(15)8-6-12/h2-10,17H,1H3/b16-10+. The van der Waals surface area contributed by atoms with Gasteiger partial charge in [0, 0.05) is 5.02 Å². The molecular weight excluding hydrogens is 232 g/mol. The number of nitrogens with one attached hydrogen (secondary N) is 1. The van der Waals surface area contributed by atoms with Crippen molar-refractivity contribution in [2.75, 3.05) is 5.43 Å². The first-order valence-corrected chi connectivity index (χ1v) is 5.73. The van der Waals surface area contributed by atoms with Crippen molar-refractivity contribution in [1.82, 2.24) is 0 Å². The monoisotopic (exact) mass is 244 g/mol. The predicted molar refractivity (Wildman–Crippen MR) is 73.8 cm³/mol. The van der Waals surface area contributed by atoms with Gasteiger partial charge in [-0.15, -0.1) is 0 Å². The molecule has 2 aromatic rings. The van der Waals surface area contributed by atoms with Crippen molar-refractivity contribution in [3.05, 3.63) is 64.7 Å². The average molecular weight is 245 g/mol. The second kappa shape index (κ2) is 5.51. The fraction of sp³-hybridized carbons (Fsp3) is 0.0714. The zero-order valence-electron chi connectivity index (χ0n) is 9.52. The second-order valence-electron chi connectivity index (χ2n) is 3.79. The fourth-order valence-corrected chi connectivity index (χ4v) is 1.57. The lowest BCUT2D eigenvalue weighted by Gasteiger charge is -2.00. The summed E-state index contributed by atoms with van der Waals surface area (Å²) in [6.45, 7) is 2.05. The highest BCUT2D eigenvalue weighted by Crippen LogP contribution is 2.10. The fourth-order valence-electron chi connectivity index (χ4n) is 1.44. The van der Waals surface area contributed by atoms with E-state index in [2.05, 4.69) is 10.5 Å². The van der Waals surface area contributed by atoms with Crippen molar-refractivity contribution in [2.45, 2.75) is 6.92 Å². The molecule has 0 amide bonds. The molecule has 0 aliphatic carbocycles. The maximum absolute atomic E-state index is 5.80. The molecule has 0 radical (unpaired) electrons. The number of hydrogen-bond donors (Lipinski definition) is 1. The Balaban J connectivity index is 2.00. The summed E-state index contributed by atoms with van der Waals surface area (Å²) in [7, 11) is 0. The SMILES string of the molecule is Cc1cccc(N/N=C/c2ccc(Cl)cc2)c1. The van der Waals surface area contributed by atoms with E-state index in [4.69, 9.17) is 11.6 Å². The van der Waals surface area contributed by atoms with Crippen LogP contribution >= 0.6 is 11.6 Å². The molecule has 0 saturated carbocycles. The molecule has 2 nitrogen and oxygen atoms in total. The molecule has 0 unspecified atom stereocenters. The van der Waals surface area contributed by atoms with Crippen LogP contribution in [0.3, 0.4) is 0 Å². The van der Waals surface area contributed by atoms with Gasteiger partial charge >= 0.3 is 0 Å². The summed E-state index contributed by atoms with van der Waals surface area (Å²) < 4.78 is 0. The number of halogens is 1. The molecule has 2 rings (SSSR count). The van der Waals surface area contributed by atoms with Gasteiger partial charge in [-0.05, 0) is 42.3 Å². The highest BCUT2D eigenvalue weighted by Gasteiger charge is 1.90. The third kappa shape index (κ3) is 3.61. The highest BCUT2D eigenvalue weighted by atomic mass is 35.5. The smallest absolute Gasteiger partial charge is 0.0564 e. The summed E-state index contributed by atoms with van der Waals surface area (Å²) in [6, 6.07) is 15.6. The van der Waals surface area contributed by atoms with Gasteiger partial charge in [0.25, 0.3) is 0 Å². The highest BCUT2D eigenvalue weighted by molar-refractivity contribution is 6.30. The van der Waals surface area contributed by atoms with E-state index in [1.54, 1.807) is 6.21 Å². The molecule has 0 aliphatic rings. The normalized spacial score (nSPS) is 10.7. The number of nitrogens with zero attached hydrogens (tertiary/aromatic N) is 1. The number of hydrazone groups is 1. The van der Waals surface area contributed by atoms with Crippen LogP contribution in [0.5, 0.6) is 0 Å². The molecule has 17 heavy (non-hydrogen) atoms. The van der Waals surface area contributed by atoms with Crippen LogP contribution in [-0.2, 0) is 0 Å². The summed E-state index contributed by atoms with van der Waals surface area (Å²) in [6.07, 6.45) is 1.76.